The number of likely N-dealkylation sites (N-methyl/N-ethyl adjacent to an activating group) is 1. The van der Waals surface area contributed by atoms with E-state index in [4.69, 9.17) is 0 Å². The molecule has 0 aromatic heterocycles. The molecule has 6 heteroatoms. The van der Waals surface area contributed by atoms with Gasteiger partial charge in [0.05, 0.1) is 0 Å². The zero-order valence-electron chi connectivity index (χ0n) is 15.0. The molecule has 1 aromatic carbocycles. The normalized spacial score (nSPS) is 23.6. The fraction of sp³-hybridized carbons (Fsp3) is 0.474. The Bertz CT molecular complexity index is 746. The summed E-state index contributed by atoms with van der Waals surface area (Å²) >= 11 is 0. The van der Waals surface area contributed by atoms with Crippen LogP contribution in [0.25, 0.3) is 0 Å². The van der Waals surface area contributed by atoms with Gasteiger partial charge in [0.15, 0.2) is 12.0 Å². The Morgan fingerprint density at radius 2 is 2.16 bits per heavy atom. The lowest BCUT2D eigenvalue weighted by Gasteiger charge is -2.32. The molecule has 2 atom stereocenters. The molecular formula is C19H25N5O. The fourth-order valence-corrected chi connectivity index (χ4v) is 3.31. The van der Waals surface area contributed by atoms with Crippen LogP contribution in [0.4, 0.5) is 0 Å². The van der Waals surface area contributed by atoms with Gasteiger partial charge in [-0.15, -0.1) is 11.0 Å². The van der Waals surface area contributed by atoms with Gasteiger partial charge in [-0.25, -0.2) is 0 Å². The SMILES string of the molecule is CC#Cc1ccc([C@H]2N=NC(NC3CCCN(C)C3)=CN2C)c(O)c1. The zero-order chi connectivity index (χ0) is 17.8. The summed E-state index contributed by atoms with van der Waals surface area (Å²) < 4.78 is 0. The number of nitrogens with one attached hydrogen (secondary N) is 1. The van der Waals surface area contributed by atoms with Crippen molar-refractivity contribution in [3.05, 3.63) is 41.3 Å². The first-order valence-electron chi connectivity index (χ1n) is 8.62. The maximum Gasteiger partial charge on any atom is 0.171 e. The number of hydrogen-bond acceptors (Lipinski definition) is 6. The van der Waals surface area contributed by atoms with Crippen molar-refractivity contribution in [2.24, 2.45) is 10.2 Å². The number of rotatable bonds is 3. The number of azo groups is 1. The van der Waals surface area contributed by atoms with E-state index < -0.39 is 0 Å². The molecule has 1 saturated heterocycles. The van der Waals surface area contributed by atoms with Gasteiger partial charge >= 0.3 is 0 Å². The Balaban J connectivity index is 1.70. The topological polar surface area (TPSA) is 63.5 Å². The molecule has 0 aliphatic carbocycles. The molecule has 1 aromatic rings. The second kappa shape index (κ2) is 7.58. The van der Waals surface area contributed by atoms with Gasteiger partial charge in [0.1, 0.15) is 5.75 Å². The first-order valence-corrected chi connectivity index (χ1v) is 8.62. The third-order valence-corrected chi connectivity index (χ3v) is 4.54. The number of aromatic hydroxyl groups is 1. The van der Waals surface area contributed by atoms with Crippen LogP contribution >= 0.6 is 0 Å². The molecule has 0 radical (unpaired) electrons. The zero-order valence-corrected chi connectivity index (χ0v) is 15.0. The van der Waals surface area contributed by atoms with E-state index in [0.29, 0.717) is 6.04 Å². The van der Waals surface area contributed by atoms with Crippen molar-refractivity contribution in [2.75, 3.05) is 27.2 Å². The molecule has 0 amide bonds. The van der Waals surface area contributed by atoms with Gasteiger partial charge in [-0.05, 0) is 51.6 Å². The number of nitrogens with zero attached hydrogens (tertiary/aromatic N) is 4. The van der Waals surface area contributed by atoms with Crippen LogP contribution in [0.1, 0.15) is 37.1 Å². The average molecular weight is 339 g/mol. The first-order chi connectivity index (χ1) is 12.1. The average Bonchev–Trinajstić information content (AvgIpc) is 2.56. The molecule has 2 aliphatic heterocycles. The summed E-state index contributed by atoms with van der Waals surface area (Å²) in [4.78, 5) is 4.29. The van der Waals surface area contributed by atoms with Crippen LogP contribution in [0.3, 0.4) is 0 Å². The Morgan fingerprint density at radius 3 is 2.84 bits per heavy atom. The molecule has 1 unspecified atom stereocenters. The number of likely N-dealkylation sites (tertiary alicyclic amines) is 1. The maximum absolute atomic E-state index is 10.3. The molecule has 1 fully saturated rings. The van der Waals surface area contributed by atoms with E-state index in [9.17, 15) is 5.11 Å². The number of benzene rings is 1. The van der Waals surface area contributed by atoms with E-state index in [1.165, 1.54) is 6.42 Å². The van der Waals surface area contributed by atoms with Crippen molar-refractivity contribution in [3.8, 4) is 17.6 Å². The van der Waals surface area contributed by atoms with Crippen molar-refractivity contribution < 1.29 is 5.11 Å². The van der Waals surface area contributed by atoms with Gasteiger partial charge in [-0.1, -0.05) is 5.92 Å². The summed E-state index contributed by atoms with van der Waals surface area (Å²) in [7, 11) is 4.08. The van der Waals surface area contributed by atoms with Gasteiger partial charge in [0, 0.05) is 37.0 Å². The summed E-state index contributed by atoms with van der Waals surface area (Å²) in [6.45, 7) is 3.94. The van der Waals surface area contributed by atoms with Crippen molar-refractivity contribution in [1.29, 1.82) is 0 Å². The predicted octanol–water partition coefficient (Wildman–Crippen LogP) is 2.64. The quantitative estimate of drug-likeness (QED) is 0.831. The van der Waals surface area contributed by atoms with Crippen molar-refractivity contribution >= 4 is 0 Å². The lowest BCUT2D eigenvalue weighted by Crippen LogP contribution is -2.43. The molecule has 6 nitrogen and oxygen atoms in total. The number of piperidine rings is 1. The summed E-state index contributed by atoms with van der Waals surface area (Å²) in [6.07, 6.45) is 3.96. The molecule has 0 spiro atoms. The van der Waals surface area contributed by atoms with Gasteiger partial charge in [0.2, 0.25) is 0 Å². The Morgan fingerprint density at radius 1 is 1.32 bits per heavy atom. The molecule has 3 rings (SSSR count). The second-order valence-electron chi connectivity index (χ2n) is 6.66. The van der Waals surface area contributed by atoms with Gasteiger partial charge in [0.25, 0.3) is 0 Å². The van der Waals surface area contributed by atoms with Gasteiger partial charge < -0.3 is 20.2 Å². The minimum absolute atomic E-state index is 0.190. The summed E-state index contributed by atoms with van der Waals surface area (Å²) in [6, 6.07) is 5.82. The minimum atomic E-state index is -0.330. The predicted molar refractivity (Wildman–Crippen MR) is 97.8 cm³/mol. The number of hydrogen-bond donors (Lipinski definition) is 2. The van der Waals surface area contributed by atoms with Crippen molar-refractivity contribution in [2.45, 2.75) is 32.0 Å². The molecule has 2 N–H and O–H groups in total. The third-order valence-electron chi connectivity index (χ3n) is 4.54. The smallest absolute Gasteiger partial charge is 0.171 e. The van der Waals surface area contributed by atoms with Crippen molar-refractivity contribution in [1.82, 2.24) is 15.1 Å². The monoisotopic (exact) mass is 339 g/mol. The standard InChI is InChI=1S/C19H25N5O/c1-4-6-14-8-9-16(17(25)11-14)19-22-21-18(13-24(19)3)20-15-7-5-10-23(2)12-15/h8-9,11,13,15,19-20,25H,5,7,10,12H2,1-3H3/t15?,19-/m0/s1. The molecule has 25 heavy (non-hydrogen) atoms. The molecule has 0 saturated carbocycles. The Kier molecular flexibility index (Phi) is 5.25. The van der Waals surface area contributed by atoms with Crippen LogP contribution in [-0.4, -0.2) is 48.1 Å². The Hall–Kier alpha value is -2.52. The van der Waals surface area contributed by atoms with Crippen LogP contribution in [0, 0.1) is 11.8 Å². The highest BCUT2D eigenvalue weighted by Gasteiger charge is 2.24. The highest BCUT2D eigenvalue weighted by Crippen LogP contribution is 2.32. The van der Waals surface area contributed by atoms with Gasteiger partial charge in [-0.2, -0.15) is 5.11 Å². The van der Waals surface area contributed by atoms with Crippen LogP contribution in [-0.2, 0) is 0 Å². The van der Waals surface area contributed by atoms with E-state index >= 15 is 0 Å². The van der Waals surface area contributed by atoms with Gasteiger partial charge in [-0.3, -0.25) is 0 Å². The molecule has 2 heterocycles. The first kappa shape index (κ1) is 17.3. The van der Waals surface area contributed by atoms with Crippen molar-refractivity contribution in [3.63, 3.8) is 0 Å². The van der Waals surface area contributed by atoms with Crippen LogP contribution in [0.15, 0.2) is 40.4 Å². The van der Waals surface area contributed by atoms with E-state index in [-0.39, 0.29) is 11.9 Å². The minimum Gasteiger partial charge on any atom is -0.507 e. The molecule has 0 bridgehead atoms. The second-order valence-corrected chi connectivity index (χ2v) is 6.66. The highest BCUT2D eigenvalue weighted by molar-refractivity contribution is 5.45. The van der Waals surface area contributed by atoms with Crippen LogP contribution < -0.4 is 5.32 Å². The number of phenols is 1. The molecular weight excluding hydrogens is 314 g/mol. The van der Waals surface area contributed by atoms with E-state index in [2.05, 4.69) is 39.3 Å². The number of phenolic OH excluding ortho intramolecular Hbond substituents is 1. The molecule has 2 aliphatic rings. The summed E-state index contributed by atoms with van der Waals surface area (Å²) in [5.74, 6) is 6.73. The maximum atomic E-state index is 10.3. The van der Waals surface area contributed by atoms with Crippen LogP contribution in [0.5, 0.6) is 5.75 Å². The summed E-state index contributed by atoms with van der Waals surface area (Å²) in [5.41, 5.74) is 1.51. The third kappa shape index (κ3) is 4.12. The fourth-order valence-electron chi connectivity index (χ4n) is 3.31. The summed E-state index contributed by atoms with van der Waals surface area (Å²) in [5, 5.41) is 22.5. The molecule has 132 valence electrons. The lowest BCUT2D eigenvalue weighted by molar-refractivity contribution is 0.230. The largest absolute Gasteiger partial charge is 0.507 e. The highest BCUT2D eigenvalue weighted by atomic mass is 16.3. The van der Waals surface area contributed by atoms with E-state index in [1.807, 2.05) is 30.3 Å². The van der Waals surface area contributed by atoms with E-state index in [1.54, 1.807) is 13.0 Å². The van der Waals surface area contributed by atoms with Crippen LogP contribution in [0.2, 0.25) is 0 Å². The van der Waals surface area contributed by atoms with E-state index in [0.717, 1.165) is 36.5 Å². The Labute approximate surface area is 149 Å². The lowest BCUT2D eigenvalue weighted by atomic mass is 10.1.